The molecule has 3 rings (SSSR count). The first-order chi connectivity index (χ1) is 11.9. The number of methoxy groups -OCH3 is 1. The summed E-state index contributed by atoms with van der Waals surface area (Å²) < 4.78 is 5.06. The summed E-state index contributed by atoms with van der Waals surface area (Å²) >= 11 is 0. The van der Waals surface area contributed by atoms with Crippen molar-refractivity contribution in [2.45, 2.75) is 13.0 Å². The average molecular weight is 339 g/mol. The van der Waals surface area contributed by atoms with Crippen LogP contribution in [0.25, 0.3) is 0 Å². The summed E-state index contributed by atoms with van der Waals surface area (Å²) in [5.74, 6) is -0.944. The van der Waals surface area contributed by atoms with Crippen molar-refractivity contribution in [3.8, 4) is 5.75 Å². The molecule has 1 unspecified atom stereocenters. The Bertz CT molecular complexity index is 843. The molecule has 0 radical (unpaired) electrons. The number of nitrogens with two attached hydrogens (primary N) is 1. The Morgan fingerprint density at radius 1 is 1.12 bits per heavy atom. The Morgan fingerprint density at radius 3 is 2.24 bits per heavy atom. The minimum atomic E-state index is -0.962. The molecule has 25 heavy (non-hydrogen) atoms. The van der Waals surface area contributed by atoms with Crippen LogP contribution in [-0.4, -0.2) is 35.8 Å². The van der Waals surface area contributed by atoms with E-state index in [1.807, 2.05) is 0 Å². The molecule has 0 aromatic heterocycles. The summed E-state index contributed by atoms with van der Waals surface area (Å²) in [5.41, 5.74) is 7.25. The van der Waals surface area contributed by atoms with Gasteiger partial charge in [-0.15, -0.1) is 0 Å². The number of amides is 3. The number of carbonyl (C=O) groups excluding carboxylic acids is 3. The zero-order valence-electron chi connectivity index (χ0n) is 13.8. The first kappa shape index (κ1) is 16.5. The zero-order chi connectivity index (χ0) is 18.1. The third-order valence-electron chi connectivity index (χ3n) is 4.09. The van der Waals surface area contributed by atoms with Gasteiger partial charge in [-0.25, -0.2) is 0 Å². The van der Waals surface area contributed by atoms with Crippen LogP contribution in [0.3, 0.4) is 0 Å². The molecule has 0 aliphatic carbocycles. The maximum atomic E-state index is 12.5. The summed E-state index contributed by atoms with van der Waals surface area (Å²) in [5, 5.41) is 2.66. The monoisotopic (exact) mass is 339 g/mol. The number of nitrogen functional groups attached to an aromatic ring is 1. The number of hydrogen-bond acceptors (Lipinski definition) is 5. The molecule has 3 N–H and O–H groups in total. The van der Waals surface area contributed by atoms with Crippen molar-refractivity contribution in [1.29, 1.82) is 0 Å². The minimum Gasteiger partial charge on any atom is -0.495 e. The molecule has 0 saturated heterocycles. The van der Waals surface area contributed by atoms with Crippen LogP contribution in [-0.2, 0) is 4.79 Å². The third kappa shape index (κ3) is 2.80. The number of nitrogens with zero attached hydrogens (tertiary/aromatic N) is 1. The van der Waals surface area contributed by atoms with Gasteiger partial charge in [0.25, 0.3) is 11.8 Å². The van der Waals surface area contributed by atoms with Crippen LogP contribution in [0.15, 0.2) is 42.5 Å². The van der Waals surface area contributed by atoms with E-state index in [0.29, 0.717) is 28.3 Å². The average Bonchev–Trinajstić information content (AvgIpc) is 2.86. The molecule has 0 fully saturated rings. The maximum absolute atomic E-state index is 12.5. The second kappa shape index (κ2) is 6.27. The van der Waals surface area contributed by atoms with Gasteiger partial charge in [0.2, 0.25) is 5.91 Å². The molecule has 2 aromatic rings. The zero-order valence-corrected chi connectivity index (χ0v) is 13.8. The second-order valence-electron chi connectivity index (χ2n) is 5.65. The van der Waals surface area contributed by atoms with Gasteiger partial charge < -0.3 is 15.8 Å². The van der Waals surface area contributed by atoms with E-state index in [0.717, 1.165) is 4.90 Å². The lowest BCUT2D eigenvalue weighted by Gasteiger charge is -2.21. The molecule has 128 valence electrons. The largest absolute Gasteiger partial charge is 0.495 e. The van der Waals surface area contributed by atoms with Crippen LogP contribution in [0, 0.1) is 0 Å². The molecule has 1 aliphatic heterocycles. The highest BCUT2D eigenvalue weighted by atomic mass is 16.5. The van der Waals surface area contributed by atoms with Gasteiger partial charge in [0.15, 0.2) is 0 Å². The Balaban J connectivity index is 1.79. The van der Waals surface area contributed by atoms with E-state index in [1.54, 1.807) is 42.5 Å². The van der Waals surface area contributed by atoms with Gasteiger partial charge in [0.05, 0.1) is 23.9 Å². The highest BCUT2D eigenvalue weighted by Gasteiger charge is 2.40. The van der Waals surface area contributed by atoms with Crippen LogP contribution in [0.5, 0.6) is 5.75 Å². The van der Waals surface area contributed by atoms with Gasteiger partial charge in [0, 0.05) is 5.69 Å². The van der Waals surface area contributed by atoms with E-state index in [1.165, 1.54) is 14.0 Å². The van der Waals surface area contributed by atoms with Gasteiger partial charge in [0.1, 0.15) is 11.8 Å². The molecule has 0 saturated carbocycles. The molecule has 1 aliphatic rings. The summed E-state index contributed by atoms with van der Waals surface area (Å²) in [6.45, 7) is 1.50. The van der Waals surface area contributed by atoms with Crippen LogP contribution in [0.4, 0.5) is 11.4 Å². The number of rotatable bonds is 4. The molecule has 7 nitrogen and oxygen atoms in total. The van der Waals surface area contributed by atoms with E-state index in [9.17, 15) is 14.4 Å². The molecular weight excluding hydrogens is 322 g/mol. The van der Waals surface area contributed by atoms with Crippen molar-refractivity contribution in [3.63, 3.8) is 0 Å². The fourth-order valence-corrected chi connectivity index (χ4v) is 2.74. The normalized spacial score (nSPS) is 14.2. The quantitative estimate of drug-likeness (QED) is 0.654. The standard InChI is InChI=1S/C18H17N3O4/c1-10(16(22)20-11-7-8-15(25-2)14(19)9-11)21-17(23)12-5-3-4-6-13(12)18(21)24/h3-10H,19H2,1-2H3,(H,20,22). The summed E-state index contributed by atoms with van der Waals surface area (Å²) in [4.78, 5) is 38.3. The van der Waals surface area contributed by atoms with Crippen molar-refractivity contribution < 1.29 is 19.1 Å². The molecular formula is C18H17N3O4. The van der Waals surface area contributed by atoms with Crippen LogP contribution in [0.1, 0.15) is 27.6 Å². The Labute approximate surface area is 144 Å². The van der Waals surface area contributed by atoms with Crippen molar-refractivity contribution >= 4 is 29.1 Å². The minimum absolute atomic E-state index is 0.306. The first-order valence-corrected chi connectivity index (χ1v) is 7.65. The smallest absolute Gasteiger partial charge is 0.262 e. The van der Waals surface area contributed by atoms with Crippen LogP contribution >= 0.6 is 0 Å². The van der Waals surface area contributed by atoms with E-state index in [4.69, 9.17) is 10.5 Å². The topological polar surface area (TPSA) is 102 Å². The number of benzene rings is 2. The summed E-state index contributed by atoms with van der Waals surface area (Å²) in [7, 11) is 1.49. The predicted molar refractivity (Wildman–Crippen MR) is 92.4 cm³/mol. The third-order valence-corrected chi connectivity index (χ3v) is 4.09. The molecule has 0 bridgehead atoms. The SMILES string of the molecule is COc1ccc(NC(=O)C(C)N2C(=O)c3ccccc3C2=O)cc1N. The number of ether oxygens (including phenoxy) is 1. The van der Waals surface area contributed by atoms with Crippen molar-refractivity contribution in [3.05, 3.63) is 53.6 Å². The number of imide groups is 1. The number of fused-ring (bicyclic) bond motifs is 1. The highest BCUT2D eigenvalue weighted by molar-refractivity contribution is 6.23. The van der Waals surface area contributed by atoms with E-state index in [2.05, 4.69) is 5.32 Å². The highest BCUT2D eigenvalue weighted by Crippen LogP contribution is 2.27. The lowest BCUT2D eigenvalue weighted by atomic mass is 10.1. The lowest BCUT2D eigenvalue weighted by Crippen LogP contribution is -2.45. The molecule has 3 amide bonds. The molecule has 0 spiro atoms. The predicted octanol–water partition coefficient (Wildman–Crippen LogP) is 1.90. The number of carbonyl (C=O) groups is 3. The molecule has 2 aromatic carbocycles. The Hall–Kier alpha value is -3.35. The lowest BCUT2D eigenvalue weighted by molar-refractivity contribution is -0.119. The van der Waals surface area contributed by atoms with Gasteiger partial charge in [-0.1, -0.05) is 12.1 Å². The van der Waals surface area contributed by atoms with Gasteiger partial charge in [-0.3, -0.25) is 19.3 Å². The summed E-state index contributed by atoms with van der Waals surface area (Å²) in [6, 6.07) is 10.3. The summed E-state index contributed by atoms with van der Waals surface area (Å²) in [6.07, 6.45) is 0. The molecule has 1 heterocycles. The number of anilines is 2. The van der Waals surface area contributed by atoms with Gasteiger partial charge in [-0.2, -0.15) is 0 Å². The fourth-order valence-electron chi connectivity index (χ4n) is 2.74. The number of nitrogens with one attached hydrogen (secondary N) is 1. The first-order valence-electron chi connectivity index (χ1n) is 7.65. The van der Waals surface area contributed by atoms with Crippen LogP contribution < -0.4 is 15.8 Å². The van der Waals surface area contributed by atoms with E-state index < -0.39 is 23.8 Å². The van der Waals surface area contributed by atoms with E-state index >= 15 is 0 Å². The Kier molecular flexibility index (Phi) is 4.14. The van der Waals surface area contributed by atoms with Crippen molar-refractivity contribution in [2.24, 2.45) is 0 Å². The number of hydrogen-bond donors (Lipinski definition) is 2. The van der Waals surface area contributed by atoms with E-state index in [-0.39, 0.29) is 0 Å². The Morgan fingerprint density at radius 2 is 1.72 bits per heavy atom. The second-order valence-corrected chi connectivity index (χ2v) is 5.65. The molecule has 7 heteroatoms. The van der Waals surface area contributed by atoms with Gasteiger partial charge >= 0.3 is 0 Å². The van der Waals surface area contributed by atoms with Gasteiger partial charge in [-0.05, 0) is 37.3 Å². The van der Waals surface area contributed by atoms with Crippen LogP contribution in [0.2, 0.25) is 0 Å². The molecule has 1 atom stereocenters. The van der Waals surface area contributed by atoms with Crippen molar-refractivity contribution in [2.75, 3.05) is 18.2 Å². The maximum Gasteiger partial charge on any atom is 0.262 e. The van der Waals surface area contributed by atoms with Crippen molar-refractivity contribution in [1.82, 2.24) is 4.90 Å². The fraction of sp³-hybridized carbons (Fsp3) is 0.167.